The quantitative estimate of drug-likeness (QED) is 0.731. The highest BCUT2D eigenvalue weighted by atomic mass is 79.9. The fraction of sp³-hybridized carbons (Fsp3) is 0.111. The van der Waals surface area contributed by atoms with Gasteiger partial charge in [-0.1, -0.05) is 28.6 Å². The lowest BCUT2D eigenvalue weighted by atomic mass is 10.3. The first-order chi connectivity index (χ1) is 5.66. The van der Waals surface area contributed by atoms with E-state index in [4.69, 9.17) is 5.73 Å². The Morgan fingerprint density at radius 2 is 2.42 bits per heavy atom. The summed E-state index contributed by atoms with van der Waals surface area (Å²) in [6.45, 7) is 5.53. The maximum Gasteiger partial charge on any atom is 0.0653 e. The van der Waals surface area contributed by atoms with Crippen molar-refractivity contribution in [3.63, 3.8) is 0 Å². The number of allylic oxidation sites excluding steroid dienone is 1. The summed E-state index contributed by atoms with van der Waals surface area (Å²) in [5.74, 6) is 0. The Morgan fingerprint density at radius 3 is 2.92 bits per heavy atom. The molecule has 0 saturated carbocycles. The summed E-state index contributed by atoms with van der Waals surface area (Å²) in [5, 5.41) is 1.99. The van der Waals surface area contributed by atoms with E-state index in [0.717, 1.165) is 20.7 Å². The van der Waals surface area contributed by atoms with Gasteiger partial charge in [0.1, 0.15) is 0 Å². The van der Waals surface area contributed by atoms with E-state index in [-0.39, 0.29) is 0 Å². The highest BCUT2D eigenvalue weighted by Gasteiger charge is 1.92. The molecule has 0 spiro atoms. The Hall–Kier alpha value is -0.960. The summed E-state index contributed by atoms with van der Waals surface area (Å²) < 4.78 is 0.948. The topological polar surface area (TPSA) is 41.8 Å². The average Bonchev–Trinajstić information content (AvgIpc) is 2.50. The largest absolute Gasteiger partial charge is 0.401 e. The van der Waals surface area contributed by atoms with Crippen LogP contribution in [0, 0.1) is 0 Å². The summed E-state index contributed by atoms with van der Waals surface area (Å²) in [6, 6.07) is 1.96. The minimum atomic E-state index is 0.772. The SMILES string of the molecule is C=C/C(Br)=c1/cc[nH]/c1=C(\C)N. The highest BCUT2D eigenvalue weighted by molar-refractivity contribution is 9.15. The number of H-pyrrole nitrogens is 1. The zero-order valence-electron chi connectivity index (χ0n) is 6.89. The number of rotatable bonds is 1. The van der Waals surface area contributed by atoms with E-state index in [9.17, 15) is 0 Å². The van der Waals surface area contributed by atoms with Crippen molar-refractivity contribution in [2.45, 2.75) is 6.92 Å². The average molecular weight is 227 g/mol. The summed E-state index contributed by atoms with van der Waals surface area (Å²) in [7, 11) is 0. The van der Waals surface area contributed by atoms with Crippen molar-refractivity contribution in [3.05, 3.63) is 35.5 Å². The van der Waals surface area contributed by atoms with Crippen molar-refractivity contribution in [2.75, 3.05) is 0 Å². The van der Waals surface area contributed by atoms with Gasteiger partial charge in [-0.05, 0) is 13.0 Å². The Kier molecular flexibility index (Phi) is 2.76. The van der Waals surface area contributed by atoms with Crippen LogP contribution < -0.4 is 16.3 Å². The third kappa shape index (κ3) is 1.61. The predicted octanol–water partition coefficient (Wildman–Crippen LogP) is 0.791. The van der Waals surface area contributed by atoms with Crippen molar-refractivity contribution < 1.29 is 0 Å². The number of hydrogen-bond donors (Lipinski definition) is 2. The van der Waals surface area contributed by atoms with Gasteiger partial charge in [0.15, 0.2) is 0 Å². The van der Waals surface area contributed by atoms with E-state index in [2.05, 4.69) is 27.5 Å². The van der Waals surface area contributed by atoms with E-state index < -0.39 is 0 Å². The summed E-state index contributed by atoms with van der Waals surface area (Å²) in [4.78, 5) is 3.06. The maximum absolute atomic E-state index is 5.67. The zero-order valence-corrected chi connectivity index (χ0v) is 8.48. The van der Waals surface area contributed by atoms with Crippen LogP contribution in [0.1, 0.15) is 6.92 Å². The lowest BCUT2D eigenvalue weighted by molar-refractivity contribution is 1.26. The number of nitrogens with one attached hydrogen (secondary N) is 1. The van der Waals surface area contributed by atoms with Crippen LogP contribution in [0.5, 0.6) is 0 Å². The maximum atomic E-state index is 5.67. The molecule has 1 heterocycles. The third-order valence-electron chi connectivity index (χ3n) is 1.58. The molecule has 0 saturated heterocycles. The van der Waals surface area contributed by atoms with Crippen molar-refractivity contribution in [1.29, 1.82) is 0 Å². The normalized spacial score (nSPS) is 15.5. The van der Waals surface area contributed by atoms with Crippen molar-refractivity contribution in [3.8, 4) is 0 Å². The Bertz CT molecular complexity index is 396. The van der Waals surface area contributed by atoms with Crippen molar-refractivity contribution in [1.82, 2.24) is 4.98 Å². The first kappa shape index (κ1) is 9.13. The standard InChI is InChI=1S/C9H11BrN2/c1-3-8(10)7-4-5-12-9(7)6(2)11/h3-5,12H,1,11H2,2H3/b8-7+,9-6+. The minimum Gasteiger partial charge on any atom is -0.401 e. The molecule has 3 heteroatoms. The molecule has 0 aliphatic carbocycles. The van der Waals surface area contributed by atoms with E-state index in [1.165, 1.54) is 0 Å². The monoisotopic (exact) mass is 226 g/mol. The molecule has 1 rings (SSSR count). The first-order valence-electron chi connectivity index (χ1n) is 3.59. The number of nitrogens with two attached hydrogens (primary N) is 1. The summed E-state index contributed by atoms with van der Waals surface area (Å²) in [6.07, 6.45) is 3.60. The number of halogens is 1. The second-order valence-electron chi connectivity index (χ2n) is 2.50. The van der Waals surface area contributed by atoms with E-state index >= 15 is 0 Å². The first-order valence-corrected chi connectivity index (χ1v) is 4.38. The number of aromatic nitrogens is 1. The summed E-state index contributed by atoms with van der Waals surface area (Å²) in [5.41, 5.74) is 6.44. The lowest BCUT2D eigenvalue weighted by Gasteiger charge is -1.88. The molecule has 1 aromatic rings. The minimum absolute atomic E-state index is 0.772. The fourth-order valence-electron chi connectivity index (χ4n) is 1.00. The van der Waals surface area contributed by atoms with Crippen LogP contribution in [0.15, 0.2) is 24.9 Å². The van der Waals surface area contributed by atoms with Crippen LogP contribution in [0.4, 0.5) is 0 Å². The molecule has 0 aromatic carbocycles. The molecule has 3 N–H and O–H groups in total. The van der Waals surface area contributed by atoms with E-state index in [1.54, 1.807) is 6.08 Å². The van der Waals surface area contributed by atoms with Crippen LogP contribution in [-0.2, 0) is 0 Å². The van der Waals surface area contributed by atoms with Crippen LogP contribution >= 0.6 is 15.9 Å². The van der Waals surface area contributed by atoms with E-state index in [0.29, 0.717) is 0 Å². The number of aromatic amines is 1. The molecule has 12 heavy (non-hydrogen) atoms. The molecule has 0 aliphatic rings. The molecule has 0 aliphatic heterocycles. The van der Waals surface area contributed by atoms with Gasteiger partial charge in [-0.2, -0.15) is 0 Å². The zero-order chi connectivity index (χ0) is 9.14. The highest BCUT2D eigenvalue weighted by Crippen LogP contribution is 2.01. The lowest BCUT2D eigenvalue weighted by Crippen LogP contribution is -2.28. The fourth-order valence-corrected chi connectivity index (χ4v) is 1.34. The van der Waals surface area contributed by atoms with Crippen LogP contribution in [0.3, 0.4) is 0 Å². The molecular weight excluding hydrogens is 216 g/mol. The van der Waals surface area contributed by atoms with Gasteiger partial charge in [0, 0.05) is 21.6 Å². The van der Waals surface area contributed by atoms with Crippen LogP contribution in [-0.4, -0.2) is 4.98 Å². The Balaban J connectivity index is 3.68. The van der Waals surface area contributed by atoms with Crippen LogP contribution in [0.25, 0.3) is 10.2 Å². The van der Waals surface area contributed by atoms with Gasteiger partial charge in [0.2, 0.25) is 0 Å². The second-order valence-corrected chi connectivity index (χ2v) is 3.36. The molecular formula is C9H11BrN2. The summed E-state index contributed by atoms with van der Waals surface area (Å²) >= 11 is 3.39. The smallest absolute Gasteiger partial charge is 0.0653 e. The molecule has 0 bridgehead atoms. The molecule has 2 nitrogen and oxygen atoms in total. The van der Waals surface area contributed by atoms with Gasteiger partial charge >= 0.3 is 0 Å². The van der Waals surface area contributed by atoms with Gasteiger partial charge in [0.25, 0.3) is 0 Å². The van der Waals surface area contributed by atoms with Crippen molar-refractivity contribution >= 4 is 26.1 Å². The van der Waals surface area contributed by atoms with Gasteiger partial charge in [-0.15, -0.1) is 0 Å². The van der Waals surface area contributed by atoms with Gasteiger partial charge in [-0.3, -0.25) is 0 Å². The molecule has 1 aromatic heterocycles. The molecule has 0 amide bonds. The predicted molar refractivity (Wildman–Crippen MR) is 55.8 cm³/mol. The van der Waals surface area contributed by atoms with Crippen molar-refractivity contribution in [2.24, 2.45) is 5.73 Å². The van der Waals surface area contributed by atoms with E-state index in [1.807, 2.05) is 19.2 Å². The molecule has 0 unspecified atom stereocenters. The Labute approximate surface area is 79.6 Å². The molecule has 64 valence electrons. The number of hydrogen-bond acceptors (Lipinski definition) is 1. The molecule has 0 fully saturated rings. The van der Waals surface area contributed by atoms with Crippen LogP contribution in [0.2, 0.25) is 0 Å². The third-order valence-corrected chi connectivity index (χ3v) is 2.33. The van der Waals surface area contributed by atoms with Gasteiger partial charge in [0.05, 0.1) is 5.35 Å². The molecule has 0 atom stereocenters. The molecule has 0 radical (unpaired) electrons. The van der Waals surface area contributed by atoms with Gasteiger partial charge < -0.3 is 10.7 Å². The Morgan fingerprint density at radius 1 is 1.75 bits per heavy atom. The second kappa shape index (κ2) is 3.63. The van der Waals surface area contributed by atoms with Gasteiger partial charge in [-0.25, -0.2) is 0 Å².